The number of thiophene rings is 1. The zero-order chi connectivity index (χ0) is 14.5. The Labute approximate surface area is 123 Å². The van der Waals surface area contributed by atoms with Gasteiger partial charge in [0.2, 0.25) is 0 Å². The highest BCUT2D eigenvalue weighted by atomic mass is 32.1. The fourth-order valence-corrected chi connectivity index (χ4v) is 2.99. The SMILES string of the molecule is Cc1ccn(-c2ccc(B3OC(C)(C)C(C)(C)O3)s2)n1. The van der Waals surface area contributed by atoms with E-state index in [2.05, 4.69) is 44.9 Å². The summed E-state index contributed by atoms with van der Waals surface area (Å²) in [4.78, 5) is 0. The van der Waals surface area contributed by atoms with Gasteiger partial charge in [0.15, 0.2) is 0 Å². The Balaban J connectivity index is 1.85. The van der Waals surface area contributed by atoms with Crippen molar-refractivity contribution in [1.29, 1.82) is 0 Å². The van der Waals surface area contributed by atoms with Crippen LogP contribution in [-0.2, 0) is 9.31 Å². The molecule has 0 unspecified atom stereocenters. The van der Waals surface area contributed by atoms with E-state index in [4.69, 9.17) is 9.31 Å². The molecule has 0 bridgehead atoms. The molecule has 0 aromatic carbocycles. The van der Waals surface area contributed by atoms with Crippen LogP contribution < -0.4 is 4.78 Å². The van der Waals surface area contributed by atoms with Crippen LogP contribution in [0.2, 0.25) is 0 Å². The maximum Gasteiger partial charge on any atom is 0.505 e. The second-order valence-electron chi connectivity index (χ2n) is 6.17. The lowest BCUT2D eigenvalue weighted by Gasteiger charge is -2.32. The summed E-state index contributed by atoms with van der Waals surface area (Å²) in [7, 11) is -0.296. The minimum Gasteiger partial charge on any atom is -0.399 e. The molecular weight excluding hydrogens is 271 g/mol. The number of aromatic nitrogens is 2. The minimum absolute atomic E-state index is 0.296. The normalized spacial score (nSPS) is 20.6. The smallest absolute Gasteiger partial charge is 0.399 e. The monoisotopic (exact) mass is 290 g/mol. The lowest BCUT2D eigenvalue weighted by Crippen LogP contribution is -2.41. The molecule has 0 radical (unpaired) electrons. The first-order chi connectivity index (χ1) is 9.28. The van der Waals surface area contributed by atoms with Crippen LogP contribution >= 0.6 is 11.3 Å². The summed E-state index contributed by atoms with van der Waals surface area (Å²) in [6, 6.07) is 6.10. The zero-order valence-corrected chi connectivity index (χ0v) is 13.3. The maximum absolute atomic E-state index is 6.06. The van der Waals surface area contributed by atoms with Gasteiger partial charge >= 0.3 is 7.12 Å². The molecule has 2 aromatic heterocycles. The molecule has 1 saturated heterocycles. The van der Waals surface area contributed by atoms with Crippen LogP contribution in [0.15, 0.2) is 24.4 Å². The van der Waals surface area contributed by atoms with Gasteiger partial charge in [0.25, 0.3) is 0 Å². The molecule has 2 aromatic rings. The Morgan fingerprint density at radius 3 is 2.30 bits per heavy atom. The summed E-state index contributed by atoms with van der Waals surface area (Å²) < 4.78 is 15.1. The second-order valence-corrected chi connectivity index (χ2v) is 7.26. The van der Waals surface area contributed by atoms with Gasteiger partial charge in [-0.05, 0) is 52.8 Å². The van der Waals surface area contributed by atoms with Crippen molar-refractivity contribution in [2.75, 3.05) is 0 Å². The van der Waals surface area contributed by atoms with Crippen molar-refractivity contribution < 1.29 is 9.31 Å². The van der Waals surface area contributed by atoms with Crippen molar-refractivity contribution in [1.82, 2.24) is 9.78 Å². The molecule has 20 heavy (non-hydrogen) atoms. The van der Waals surface area contributed by atoms with E-state index < -0.39 is 0 Å². The third-order valence-electron chi connectivity index (χ3n) is 4.05. The molecule has 0 saturated carbocycles. The van der Waals surface area contributed by atoms with Crippen LogP contribution in [0.1, 0.15) is 33.4 Å². The van der Waals surface area contributed by atoms with Crippen molar-refractivity contribution in [3.05, 3.63) is 30.1 Å². The van der Waals surface area contributed by atoms with E-state index in [9.17, 15) is 0 Å². The molecule has 106 valence electrons. The molecule has 0 aliphatic carbocycles. The standard InChI is InChI=1S/C14H19BN2O2S/c1-10-8-9-17(16-10)12-7-6-11(20-12)15-18-13(2,3)14(4,5)19-15/h6-9H,1-5H3. The first-order valence-electron chi connectivity index (χ1n) is 6.76. The molecule has 1 fully saturated rings. The van der Waals surface area contributed by atoms with E-state index in [-0.39, 0.29) is 18.3 Å². The van der Waals surface area contributed by atoms with Gasteiger partial charge in [-0.15, -0.1) is 11.3 Å². The Bertz CT molecular complexity index is 617. The summed E-state index contributed by atoms with van der Waals surface area (Å²) in [6.45, 7) is 10.3. The first kappa shape index (κ1) is 13.9. The summed E-state index contributed by atoms with van der Waals surface area (Å²) in [5, 5.41) is 5.50. The highest BCUT2D eigenvalue weighted by Gasteiger charge is 2.52. The third-order valence-corrected chi connectivity index (χ3v) is 5.14. The van der Waals surface area contributed by atoms with Gasteiger partial charge in [-0.1, -0.05) is 0 Å². The quantitative estimate of drug-likeness (QED) is 0.797. The van der Waals surface area contributed by atoms with Gasteiger partial charge in [-0.2, -0.15) is 5.10 Å². The minimum atomic E-state index is -0.301. The summed E-state index contributed by atoms with van der Waals surface area (Å²) >= 11 is 1.65. The zero-order valence-electron chi connectivity index (χ0n) is 12.5. The number of nitrogens with zero attached hydrogens (tertiary/aromatic N) is 2. The lowest BCUT2D eigenvalue weighted by molar-refractivity contribution is 0.00578. The van der Waals surface area contributed by atoms with E-state index in [1.807, 2.05) is 23.9 Å². The van der Waals surface area contributed by atoms with Crippen LogP contribution in [0.5, 0.6) is 0 Å². The van der Waals surface area contributed by atoms with E-state index in [0.29, 0.717) is 0 Å². The molecule has 0 atom stereocenters. The van der Waals surface area contributed by atoms with Crippen LogP contribution in [0.4, 0.5) is 0 Å². The topological polar surface area (TPSA) is 36.3 Å². The van der Waals surface area contributed by atoms with Crippen molar-refractivity contribution in [3.63, 3.8) is 0 Å². The molecule has 6 heteroatoms. The predicted molar refractivity (Wildman–Crippen MR) is 81.9 cm³/mol. The summed E-state index contributed by atoms with van der Waals surface area (Å²) in [6.07, 6.45) is 1.97. The van der Waals surface area contributed by atoms with Gasteiger partial charge in [0.05, 0.1) is 16.9 Å². The van der Waals surface area contributed by atoms with E-state index >= 15 is 0 Å². The van der Waals surface area contributed by atoms with Crippen LogP contribution in [0.25, 0.3) is 5.00 Å². The van der Waals surface area contributed by atoms with Gasteiger partial charge in [-0.3, -0.25) is 0 Å². The Hall–Kier alpha value is -1.11. The summed E-state index contributed by atoms with van der Waals surface area (Å²) in [5.74, 6) is 0. The van der Waals surface area contributed by atoms with Crippen LogP contribution in [0, 0.1) is 6.92 Å². The Morgan fingerprint density at radius 2 is 1.75 bits per heavy atom. The van der Waals surface area contributed by atoms with Gasteiger partial charge in [-0.25, -0.2) is 4.68 Å². The Morgan fingerprint density at radius 1 is 1.10 bits per heavy atom. The number of rotatable bonds is 2. The molecule has 4 nitrogen and oxygen atoms in total. The van der Waals surface area contributed by atoms with Crippen LogP contribution in [0.3, 0.4) is 0 Å². The lowest BCUT2D eigenvalue weighted by atomic mass is 9.88. The molecular formula is C14H19BN2O2S. The fraction of sp³-hybridized carbons (Fsp3) is 0.500. The predicted octanol–water partition coefficient (Wildman–Crippen LogP) is 2.54. The highest BCUT2D eigenvalue weighted by molar-refractivity contribution is 7.24. The fourth-order valence-electron chi connectivity index (χ4n) is 2.09. The number of hydrogen-bond donors (Lipinski definition) is 0. The molecule has 0 amide bonds. The molecule has 3 rings (SSSR count). The summed E-state index contributed by atoms with van der Waals surface area (Å²) in [5.41, 5.74) is 0.407. The third kappa shape index (κ3) is 2.22. The second kappa shape index (κ2) is 4.45. The molecule has 1 aliphatic rings. The average molecular weight is 290 g/mol. The van der Waals surface area contributed by atoms with Crippen LogP contribution in [-0.4, -0.2) is 28.1 Å². The van der Waals surface area contributed by atoms with Crippen molar-refractivity contribution in [3.8, 4) is 5.00 Å². The maximum atomic E-state index is 6.06. The number of hydrogen-bond acceptors (Lipinski definition) is 4. The van der Waals surface area contributed by atoms with E-state index in [1.165, 1.54) is 0 Å². The highest BCUT2D eigenvalue weighted by Crippen LogP contribution is 2.37. The van der Waals surface area contributed by atoms with E-state index in [1.54, 1.807) is 11.3 Å². The van der Waals surface area contributed by atoms with Gasteiger partial charge < -0.3 is 9.31 Å². The average Bonchev–Trinajstić information content (AvgIpc) is 2.98. The van der Waals surface area contributed by atoms with E-state index in [0.717, 1.165) is 15.5 Å². The van der Waals surface area contributed by atoms with Crippen molar-refractivity contribution in [2.24, 2.45) is 0 Å². The molecule has 0 N–H and O–H groups in total. The number of aryl methyl sites for hydroxylation is 1. The first-order valence-corrected chi connectivity index (χ1v) is 7.58. The Kier molecular flexibility index (Phi) is 3.08. The van der Waals surface area contributed by atoms with Gasteiger partial charge in [0, 0.05) is 11.0 Å². The van der Waals surface area contributed by atoms with Gasteiger partial charge in [0.1, 0.15) is 5.00 Å². The van der Waals surface area contributed by atoms with Crippen molar-refractivity contribution in [2.45, 2.75) is 45.8 Å². The molecule has 1 aliphatic heterocycles. The largest absolute Gasteiger partial charge is 0.505 e. The van der Waals surface area contributed by atoms with Crippen molar-refractivity contribution >= 4 is 23.2 Å². The molecule has 0 spiro atoms. The molecule has 3 heterocycles.